The largest absolute Gasteiger partial charge is 0.455 e. The quantitative estimate of drug-likeness (QED) is 0.576. The molecule has 0 saturated carbocycles. The Morgan fingerprint density at radius 2 is 1.97 bits per heavy atom. The van der Waals surface area contributed by atoms with Crippen molar-refractivity contribution < 1.29 is 19.1 Å². The predicted molar refractivity (Wildman–Crippen MR) is 124 cm³/mol. The summed E-state index contributed by atoms with van der Waals surface area (Å²) in [6, 6.07) is 14.9. The van der Waals surface area contributed by atoms with Crippen molar-refractivity contribution in [3.05, 3.63) is 64.5 Å². The number of ether oxygens (including phenoxy) is 1. The number of hydrogen-bond acceptors (Lipinski definition) is 6. The van der Waals surface area contributed by atoms with Gasteiger partial charge >= 0.3 is 5.97 Å². The maximum Gasteiger partial charge on any atom is 0.311 e. The summed E-state index contributed by atoms with van der Waals surface area (Å²) in [4.78, 5) is 43.1. The number of anilines is 2. The van der Waals surface area contributed by atoms with Crippen LogP contribution in [-0.4, -0.2) is 35.9 Å². The Labute approximate surface area is 190 Å². The van der Waals surface area contributed by atoms with Crippen molar-refractivity contribution in [3.63, 3.8) is 0 Å². The first kappa shape index (κ1) is 21.7. The molecule has 1 aliphatic rings. The van der Waals surface area contributed by atoms with Gasteiger partial charge in [0.15, 0.2) is 6.61 Å². The molecule has 8 heteroatoms. The average Bonchev–Trinajstić information content (AvgIpc) is 3.39. The van der Waals surface area contributed by atoms with Crippen molar-refractivity contribution in [3.8, 4) is 11.3 Å². The standard InChI is InChI=1S/C24H23N3O4S/c1-15-6-8-20(9-7-15)27-12-18(11-23(27)29)24(30)31-13-22(28)26-19-5-3-4-17(10-19)21-14-32-16(2)25-21/h3-10,14,18H,11-13H2,1-2H3,(H,26,28). The highest BCUT2D eigenvalue weighted by molar-refractivity contribution is 7.09. The summed E-state index contributed by atoms with van der Waals surface area (Å²) in [7, 11) is 0. The van der Waals surface area contributed by atoms with Crippen LogP contribution in [0.25, 0.3) is 11.3 Å². The van der Waals surface area contributed by atoms with Gasteiger partial charge in [0.2, 0.25) is 5.91 Å². The number of hydrogen-bond donors (Lipinski definition) is 1. The van der Waals surface area contributed by atoms with Crippen LogP contribution >= 0.6 is 11.3 Å². The molecular weight excluding hydrogens is 426 g/mol. The van der Waals surface area contributed by atoms with Gasteiger partial charge in [-0.1, -0.05) is 29.8 Å². The Morgan fingerprint density at radius 1 is 1.19 bits per heavy atom. The van der Waals surface area contributed by atoms with E-state index in [4.69, 9.17) is 4.74 Å². The molecule has 1 fully saturated rings. The zero-order valence-electron chi connectivity index (χ0n) is 17.8. The Kier molecular flexibility index (Phi) is 6.32. The number of nitrogens with one attached hydrogen (secondary N) is 1. The molecule has 2 amide bonds. The smallest absolute Gasteiger partial charge is 0.311 e. The van der Waals surface area contributed by atoms with E-state index in [2.05, 4.69) is 10.3 Å². The highest BCUT2D eigenvalue weighted by Gasteiger charge is 2.36. The highest BCUT2D eigenvalue weighted by Crippen LogP contribution is 2.26. The van der Waals surface area contributed by atoms with Crippen LogP contribution in [0.3, 0.4) is 0 Å². The van der Waals surface area contributed by atoms with E-state index < -0.39 is 24.4 Å². The molecule has 3 aromatic rings. The van der Waals surface area contributed by atoms with Crippen LogP contribution in [-0.2, 0) is 19.1 Å². The van der Waals surface area contributed by atoms with Crippen LogP contribution in [0, 0.1) is 19.8 Å². The van der Waals surface area contributed by atoms with Crippen LogP contribution in [0.4, 0.5) is 11.4 Å². The van der Waals surface area contributed by atoms with Gasteiger partial charge in [-0.05, 0) is 38.1 Å². The molecule has 0 spiro atoms. The van der Waals surface area contributed by atoms with E-state index in [9.17, 15) is 14.4 Å². The minimum Gasteiger partial charge on any atom is -0.455 e. The highest BCUT2D eigenvalue weighted by atomic mass is 32.1. The lowest BCUT2D eigenvalue weighted by molar-refractivity contribution is -0.151. The number of benzene rings is 2. The molecule has 0 bridgehead atoms. The molecule has 1 aliphatic heterocycles. The Hall–Kier alpha value is -3.52. The number of amides is 2. The van der Waals surface area contributed by atoms with Gasteiger partial charge in [0.05, 0.1) is 16.6 Å². The molecule has 7 nitrogen and oxygen atoms in total. The molecule has 32 heavy (non-hydrogen) atoms. The number of aromatic nitrogens is 1. The molecule has 164 valence electrons. The van der Waals surface area contributed by atoms with Gasteiger partial charge in [0, 0.05) is 35.3 Å². The van der Waals surface area contributed by atoms with E-state index in [1.807, 2.05) is 61.7 Å². The van der Waals surface area contributed by atoms with Gasteiger partial charge in [0.1, 0.15) is 0 Å². The number of carbonyl (C=O) groups excluding carboxylic acids is 3. The van der Waals surface area contributed by atoms with Crippen LogP contribution in [0.5, 0.6) is 0 Å². The summed E-state index contributed by atoms with van der Waals surface area (Å²) in [5, 5.41) is 5.66. The van der Waals surface area contributed by atoms with E-state index >= 15 is 0 Å². The molecule has 2 heterocycles. The molecule has 1 saturated heterocycles. The molecule has 1 aromatic heterocycles. The third-order valence-corrected chi connectivity index (χ3v) is 5.98. The number of thiazole rings is 1. The second-order valence-corrected chi connectivity index (χ2v) is 8.79. The first-order valence-electron chi connectivity index (χ1n) is 10.2. The van der Waals surface area contributed by atoms with Crippen molar-refractivity contribution in [1.29, 1.82) is 0 Å². The predicted octanol–water partition coefficient (Wildman–Crippen LogP) is 3.96. The Balaban J connectivity index is 1.30. The number of nitrogens with zero attached hydrogens (tertiary/aromatic N) is 2. The summed E-state index contributed by atoms with van der Waals surface area (Å²) in [6.45, 7) is 3.74. The SMILES string of the molecule is Cc1ccc(N2CC(C(=O)OCC(=O)Nc3cccc(-c4csc(C)n4)c3)CC2=O)cc1. The maximum atomic E-state index is 12.4. The fourth-order valence-corrected chi connectivity index (χ4v) is 4.17. The molecule has 1 atom stereocenters. The number of rotatable bonds is 6. The molecule has 1 unspecified atom stereocenters. The second kappa shape index (κ2) is 9.32. The zero-order chi connectivity index (χ0) is 22.7. The summed E-state index contributed by atoms with van der Waals surface area (Å²) in [5.74, 6) is -1.71. The third kappa shape index (κ3) is 5.03. The maximum absolute atomic E-state index is 12.4. The monoisotopic (exact) mass is 449 g/mol. The minimum atomic E-state index is -0.590. The first-order valence-corrected chi connectivity index (χ1v) is 11.1. The topological polar surface area (TPSA) is 88.6 Å². The summed E-state index contributed by atoms with van der Waals surface area (Å²) < 4.78 is 5.19. The summed E-state index contributed by atoms with van der Waals surface area (Å²) in [5.41, 5.74) is 4.18. The third-order valence-electron chi connectivity index (χ3n) is 5.21. The van der Waals surface area contributed by atoms with Crippen molar-refractivity contribution in [2.75, 3.05) is 23.4 Å². The molecule has 1 N–H and O–H groups in total. The van der Waals surface area contributed by atoms with E-state index in [0.29, 0.717) is 5.69 Å². The van der Waals surface area contributed by atoms with Crippen LogP contribution in [0.2, 0.25) is 0 Å². The fraction of sp³-hybridized carbons (Fsp3) is 0.250. The molecular formula is C24H23N3O4S. The Morgan fingerprint density at radius 3 is 2.69 bits per heavy atom. The van der Waals surface area contributed by atoms with Crippen molar-refractivity contribution >= 4 is 40.5 Å². The lowest BCUT2D eigenvalue weighted by atomic mass is 10.1. The van der Waals surface area contributed by atoms with Crippen molar-refractivity contribution in [2.45, 2.75) is 20.3 Å². The van der Waals surface area contributed by atoms with Gasteiger partial charge in [0.25, 0.3) is 5.91 Å². The first-order chi connectivity index (χ1) is 15.4. The minimum absolute atomic E-state index is 0.0728. The molecule has 0 aliphatic carbocycles. The van der Waals surface area contributed by atoms with Crippen molar-refractivity contribution in [2.24, 2.45) is 5.92 Å². The van der Waals surface area contributed by atoms with Gasteiger partial charge in [-0.3, -0.25) is 14.4 Å². The summed E-state index contributed by atoms with van der Waals surface area (Å²) >= 11 is 1.56. The number of carbonyl (C=O) groups is 3. The molecule has 4 rings (SSSR count). The fourth-order valence-electron chi connectivity index (χ4n) is 3.54. The number of esters is 1. The Bertz CT molecular complexity index is 1160. The van der Waals surface area contributed by atoms with Gasteiger partial charge < -0.3 is 15.0 Å². The van der Waals surface area contributed by atoms with Crippen LogP contribution in [0.15, 0.2) is 53.9 Å². The average molecular weight is 450 g/mol. The second-order valence-electron chi connectivity index (χ2n) is 7.73. The van der Waals surface area contributed by atoms with Crippen LogP contribution < -0.4 is 10.2 Å². The van der Waals surface area contributed by atoms with E-state index in [0.717, 1.165) is 27.5 Å². The molecule has 2 aromatic carbocycles. The summed E-state index contributed by atoms with van der Waals surface area (Å²) in [6.07, 6.45) is 0.0728. The van der Waals surface area contributed by atoms with E-state index in [1.165, 1.54) is 0 Å². The van der Waals surface area contributed by atoms with Gasteiger partial charge in [-0.25, -0.2) is 4.98 Å². The lowest BCUT2D eigenvalue weighted by Crippen LogP contribution is -2.28. The van der Waals surface area contributed by atoms with E-state index in [1.54, 1.807) is 22.3 Å². The van der Waals surface area contributed by atoms with Gasteiger partial charge in [-0.2, -0.15) is 0 Å². The lowest BCUT2D eigenvalue weighted by Gasteiger charge is -2.16. The van der Waals surface area contributed by atoms with E-state index in [-0.39, 0.29) is 18.9 Å². The van der Waals surface area contributed by atoms with Crippen molar-refractivity contribution in [1.82, 2.24) is 4.98 Å². The van der Waals surface area contributed by atoms with Crippen LogP contribution in [0.1, 0.15) is 17.0 Å². The molecule has 0 radical (unpaired) electrons. The van der Waals surface area contributed by atoms with Gasteiger partial charge in [-0.15, -0.1) is 11.3 Å². The zero-order valence-corrected chi connectivity index (χ0v) is 18.6. The number of aryl methyl sites for hydroxylation is 2. The normalized spacial score (nSPS) is 15.6.